The number of aromatic amines is 3. The van der Waals surface area contributed by atoms with E-state index in [1.165, 1.54) is 0 Å². The van der Waals surface area contributed by atoms with E-state index in [0.717, 1.165) is 5.35 Å². The van der Waals surface area contributed by atoms with Crippen LogP contribution in [-0.2, 0) is 23.9 Å². The molecule has 0 bridgehead atoms. The van der Waals surface area contributed by atoms with Crippen LogP contribution in [0.2, 0.25) is 0 Å². The predicted octanol–water partition coefficient (Wildman–Crippen LogP) is 6.96. The average molecular weight is 897 g/mol. The van der Waals surface area contributed by atoms with Crippen LogP contribution < -0.4 is 32.0 Å². The lowest BCUT2D eigenvalue weighted by molar-refractivity contribution is -0.124. The number of carbonyl (C=O) groups is 4. The van der Waals surface area contributed by atoms with E-state index in [0.29, 0.717) is 68.1 Å². The minimum Gasteiger partial charge on any atom is -0.441 e. The molecule has 4 heterocycles. The first kappa shape index (κ1) is 42.2. The first-order chi connectivity index (χ1) is 29.7. The van der Waals surface area contributed by atoms with Crippen molar-refractivity contribution < 1.29 is 41.6 Å². The quantitative estimate of drug-likeness (QED) is 0.0487. The van der Waals surface area contributed by atoms with Gasteiger partial charge in [-0.1, -0.05) is 6.08 Å². The third kappa shape index (κ3) is 10.5. The zero-order valence-corrected chi connectivity index (χ0v) is 35.8. The number of benzene rings is 3. The highest BCUT2D eigenvalue weighted by Gasteiger charge is 2.28. The van der Waals surface area contributed by atoms with Crippen LogP contribution in [-0.4, -0.2) is 62.3 Å². The summed E-state index contributed by atoms with van der Waals surface area (Å²) in [6, 6.07) is 15.3. The van der Waals surface area contributed by atoms with E-state index in [1.807, 2.05) is 13.0 Å². The lowest BCUT2D eigenvalue weighted by Gasteiger charge is -2.28. The molecule has 0 saturated carbocycles. The zero-order chi connectivity index (χ0) is 43.5. The van der Waals surface area contributed by atoms with Crippen molar-refractivity contribution in [2.75, 3.05) is 29.2 Å². The number of rotatable bonds is 16. The molecule has 62 heavy (non-hydrogen) atoms. The maximum atomic E-state index is 13.7. The van der Waals surface area contributed by atoms with Gasteiger partial charge < -0.3 is 58.6 Å². The highest BCUT2D eigenvalue weighted by molar-refractivity contribution is 7.71. The topological polar surface area (TPSA) is 238 Å². The smallest absolute Gasteiger partial charge is 0.266 e. The molecule has 8 rings (SSSR count). The van der Waals surface area contributed by atoms with Crippen LogP contribution in [0.5, 0.6) is 0 Å². The van der Waals surface area contributed by atoms with Crippen molar-refractivity contribution in [3.8, 4) is 0 Å². The van der Waals surface area contributed by atoms with E-state index in [-0.39, 0.29) is 77.0 Å². The number of anilines is 3. The summed E-state index contributed by atoms with van der Waals surface area (Å²) in [5, 5.41) is 12.4. The minimum absolute atomic E-state index is 0.0498. The summed E-state index contributed by atoms with van der Waals surface area (Å²) in [5.74, 6) is -2.20. The number of carbonyl (C=O) groups excluding carboxylic acids is 4. The number of amides is 4. The van der Waals surface area contributed by atoms with Gasteiger partial charge in [0.05, 0.1) is 35.1 Å². The highest BCUT2D eigenvalue weighted by Crippen LogP contribution is 2.25. The predicted molar refractivity (Wildman–Crippen MR) is 237 cm³/mol. The number of H-pyrrole nitrogens is 3. The van der Waals surface area contributed by atoms with Crippen molar-refractivity contribution in [3.05, 3.63) is 85.8 Å². The Kier molecular flexibility index (Phi) is 12.2. The van der Waals surface area contributed by atoms with Gasteiger partial charge >= 0.3 is 0 Å². The van der Waals surface area contributed by atoms with Crippen LogP contribution >= 0.6 is 36.7 Å². The van der Waals surface area contributed by atoms with Gasteiger partial charge in [0.2, 0.25) is 23.6 Å². The van der Waals surface area contributed by atoms with Gasteiger partial charge in [-0.05, 0) is 104 Å². The van der Waals surface area contributed by atoms with Crippen LogP contribution in [0, 0.1) is 33.3 Å². The number of hydrogen-bond acceptors (Lipinski definition) is 13. The van der Waals surface area contributed by atoms with Crippen LogP contribution in [0.15, 0.2) is 72.3 Å². The fourth-order valence-electron chi connectivity index (χ4n) is 7.36. The Labute approximate surface area is 366 Å². The molecule has 17 nitrogen and oxygen atoms in total. The SMILES string of the molecule is Cc1nc2ccc(NC(=O)CC(COCC(CC(=O)Nc3ccc4[nH]c(=S)oc4c3)CC(=O)NC3(C)C=c4oc(=S)[nH]c4=CC3)CC(=O)Nc3ccc4[nH]c(=S)oc4c3)cc2o1. The maximum Gasteiger partial charge on any atom is 0.266 e. The van der Waals surface area contributed by atoms with Gasteiger partial charge in [-0.3, -0.25) is 19.2 Å². The van der Waals surface area contributed by atoms with Gasteiger partial charge in [-0.2, -0.15) is 0 Å². The van der Waals surface area contributed by atoms with Gasteiger partial charge in [-0.15, -0.1) is 0 Å². The highest BCUT2D eigenvalue weighted by atomic mass is 32.1. The molecule has 1 aliphatic carbocycles. The van der Waals surface area contributed by atoms with Crippen LogP contribution in [0.1, 0.15) is 44.9 Å². The second-order valence-corrected chi connectivity index (χ2v) is 16.5. The fourth-order valence-corrected chi connectivity index (χ4v) is 7.96. The molecule has 0 fully saturated rings. The molecular formula is C42H40N8O9S3. The minimum atomic E-state index is -0.791. The van der Waals surface area contributed by atoms with Gasteiger partial charge in [0.15, 0.2) is 28.1 Å². The van der Waals surface area contributed by atoms with E-state index in [4.69, 9.17) is 59.1 Å². The summed E-state index contributed by atoms with van der Waals surface area (Å²) in [6.07, 6.45) is 3.79. The Morgan fingerprint density at radius 1 is 0.694 bits per heavy atom. The van der Waals surface area contributed by atoms with Crippen LogP contribution in [0.3, 0.4) is 0 Å². The Balaban J connectivity index is 0.965. The van der Waals surface area contributed by atoms with Crippen molar-refractivity contribution >= 4 is 123 Å². The van der Waals surface area contributed by atoms with Gasteiger partial charge in [0.25, 0.3) is 14.5 Å². The maximum absolute atomic E-state index is 13.7. The second kappa shape index (κ2) is 17.9. The summed E-state index contributed by atoms with van der Waals surface area (Å²) in [4.78, 5) is 67.9. The molecule has 3 unspecified atom stereocenters. The summed E-state index contributed by atoms with van der Waals surface area (Å²) >= 11 is 15.3. The molecule has 0 aliphatic heterocycles. The molecule has 7 aromatic rings. The number of fused-ring (bicyclic) bond motifs is 4. The molecule has 0 spiro atoms. The van der Waals surface area contributed by atoms with Crippen LogP contribution in [0.4, 0.5) is 17.1 Å². The number of hydrogen-bond donors (Lipinski definition) is 7. The molecule has 3 aromatic carbocycles. The first-order valence-electron chi connectivity index (χ1n) is 19.5. The fraction of sp³-hybridized carbons (Fsp3) is 0.286. The number of nitrogens with zero attached hydrogens (tertiary/aromatic N) is 1. The Morgan fingerprint density at radius 3 is 1.76 bits per heavy atom. The molecular weight excluding hydrogens is 857 g/mol. The van der Waals surface area contributed by atoms with Gasteiger partial charge in [-0.25, -0.2) is 4.98 Å². The normalized spacial score (nSPS) is 15.6. The molecule has 0 saturated heterocycles. The van der Waals surface area contributed by atoms with Gasteiger partial charge in [0, 0.05) is 67.9 Å². The van der Waals surface area contributed by atoms with Crippen molar-refractivity contribution in [3.63, 3.8) is 0 Å². The number of oxazole rings is 4. The third-order valence-corrected chi connectivity index (χ3v) is 10.7. The van der Waals surface area contributed by atoms with E-state index in [1.54, 1.807) is 67.6 Å². The van der Waals surface area contributed by atoms with Gasteiger partial charge in [0.1, 0.15) is 5.52 Å². The van der Waals surface area contributed by atoms with Crippen LogP contribution in [0.25, 0.3) is 45.5 Å². The zero-order valence-electron chi connectivity index (χ0n) is 33.3. The molecule has 4 amide bonds. The molecule has 0 radical (unpaired) electrons. The summed E-state index contributed by atoms with van der Waals surface area (Å²) in [7, 11) is 0. The Bertz CT molecular complexity index is 3170. The summed E-state index contributed by atoms with van der Waals surface area (Å²) in [6.45, 7) is 3.49. The second-order valence-electron chi connectivity index (χ2n) is 15.4. The molecule has 4 aromatic heterocycles. The standard InChI is InChI=1S/C42H40N8O9S3/c1-21-43-27-6-3-24(15-31(27)56-21)44-35(51)11-22(12-36(52)45-25-4-7-28-32(16-25)57-39(60)47-28)19-55-20-23(13-37(53)46-26-5-8-29-33(17-26)58-40(61)48-29)14-38(54)50-42(2)10-9-30-34(18-42)59-41(62)49-30/h3-9,15-18,22-23H,10-14,19-20H2,1-2H3,(H,44,51)(H,45,52)(H,46,53)(H,47,60)(H,48,61)(H,49,62)(H,50,54). The molecule has 320 valence electrons. The lowest BCUT2D eigenvalue weighted by atomic mass is 9.93. The number of aromatic nitrogens is 4. The largest absolute Gasteiger partial charge is 0.441 e. The molecule has 7 N–H and O–H groups in total. The number of aryl methyl sites for hydroxylation is 1. The summed E-state index contributed by atoms with van der Waals surface area (Å²) in [5.41, 5.74) is 4.63. The Hall–Kier alpha value is -6.48. The number of ether oxygens (including phenoxy) is 1. The van der Waals surface area contributed by atoms with Crippen molar-refractivity contribution in [2.45, 2.75) is 51.5 Å². The van der Waals surface area contributed by atoms with E-state index >= 15 is 0 Å². The van der Waals surface area contributed by atoms with E-state index in [2.05, 4.69) is 41.2 Å². The first-order valence-corrected chi connectivity index (χ1v) is 20.8. The lowest BCUT2D eigenvalue weighted by Crippen LogP contribution is -2.49. The molecule has 3 atom stereocenters. The Morgan fingerprint density at radius 2 is 1.19 bits per heavy atom. The molecule has 1 aliphatic rings. The monoisotopic (exact) mass is 896 g/mol. The number of nitrogens with one attached hydrogen (secondary N) is 7. The van der Waals surface area contributed by atoms with E-state index in [9.17, 15) is 19.2 Å². The average Bonchev–Trinajstić information content (AvgIpc) is 3.96. The van der Waals surface area contributed by atoms with Crippen molar-refractivity contribution in [2.24, 2.45) is 11.8 Å². The van der Waals surface area contributed by atoms with Crippen molar-refractivity contribution in [1.29, 1.82) is 0 Å². The molecule has 20 heteroatoms. The third-order valence-electron chi connectivity index (χ3n) is 10.1. The van der Waals surface area contributed by atoms with Crippen molar-refractivity contribution in [1.82, 2.24) is 25.3 Å². The summed E-state index contributed by atoms with van der Waals surface area (Å²) < 4.78 is 28.4. The van der Waals surface area contributed by atoms with E-state index < -0.39 is 17.4 Å².